The van der Waals surface area contributed by atoms with Gasteiger partial charge in [0.1, 0.15) is 11.5 Å². The molecule has 2 amide bonds. The number of carbonyl (C=O) groups is 2. The van der Waals surface area contributed by atoms with Gasteiger partial charge < -0.3 is 14.5 Å². The Morgan fingerprint density at radius 3 is 2.46 bits per heavy atom. The molecule has 0 saturated heterocycles. The van der Waals surface area contributed by atoms with Gasteiger partial charge in [0, 0.05) is 26.8 Å². The minimum atomic E-state index is -3.92. The lowest BCUT2D eigenvalue weighted by Crippen LogP contribution is -2.38. The molecule has 3 rings (SSSR count). The van der Waals surface area contributed by atoms with E-state index in [-0.39, 0.29) is 30.3 Å². The van der Waals surface area contributed by atoms with Crippen LogP contribution in [-0.2, 0) is 37.4 Å². The molecule has 13 heteroatoms. The van der Waals surface area contributed by atoms with Crippen LogP contribution in [0.25, 0.3) is 0 Å². The SMILES string of the molecule is COCCCNC(=O)C(=O)N/N=C/c1ccc(CN(Cc2ccc(Cl)c(Cl)c2)S(=O)(=O)c2ccc(C)cc2)o1. The summed E-state index contributed by atoms with van der Waals surface area (Å²) in [7, 11) is -2.38. The van der Waals surface area contributed by atoms with Gasteiger partial charge in [-0.25, -0.2) is 13.8 Å². The van der Waals surface area contributed by atoms with Crippen LogP contribution in [0.3, 0.4) is 0 Å². The molecule has 208 valence electrons. The zero-order valence-electron chi connectivity index (χ0n) is 21.3. The van der Waals surface area contributed by atoms with E-state index in [4.69, 9.17) is 32.4 Å². The molecule has 1 heterocycles. The molecule has 2 N–H and O–H groups in total. The van der Waals surface area contributed by atoms with Gasteiger partial charge in [-0.05, 0) is 55.3 Å². The topological polar surface area (TPSA) is 130 Å². The Labute approximate surface area is 237 Å². The molecule has 0 unspecified atom stereocenters. The summed E-state index contributed by atoms with van der Waals surface area (Å²) in [6, 6.07) is 14.6. The summed E-state index contributed by atoms with van der Waals surface area (Å²) in [5, 5.41) is 6.84. The molecule has 0 aliphatic heterocycles. The highest BCUT2D eigenvalue weighted by molar-refractivity contribution is 7.89. The number of hydrazone groups is 1. The second-order valence-electron chi connectivity index (χ2n) is 8.44. The number of aryl methyl sites for hydroxylation is 1. The first kappa shape index (κ1) is 30.3. The van der Waals surface area contributed by atoms with Crippen LogP contribution in [0.15, 0.2) is 69.0 Å². The van der Waals surface area contributed by atoms with E-state index in [2.05, 4.69) is 15.8 Å². The standard InChI is InChI=1S/C26H28Cl2N4O6S/c1-18-4-9-22(10-5-18)39(35,36)32(16-19-6-11-23(27)24(28)14-19)17-21-8-7-20(38-21)15-30-31-26(34)25(33)29-12-3-13-37-2/h4-11,14-15H,3,12-13,16-17H2,1-2H3,(H,29,33)(H,31,34)/b30-15+. The number of sulfonamides is 1. The van der Waals surface area contributed by atoms with Crippen molar-refractivity contribution in [3.63, 3.8) is 0 Å². The van der Waals surface area contributed by atoms with E-state index in [1.54, 1.807) is 61.7 Å². The number of rotatable bonds is 12. The van der Waals surface area contributed by atoms with Crippen LogP contribution in [-0.4, -0.2) is 51.0 Å². The first-order valence-corrected chi connectivity index (χ1v) is 14.0. The van der Waals surface area contributed by atoms with Gasteiger partial charge in [0.05, 0.1) is 27.7 Å². The lowest BCUT2D eigenvalue weighted by Gasteiger charge is -2.22. The Bertz CT molecular complexity index is 1420. The third-order valence-corrected chi connectivity index (χ3v) is 7.94. The summed E-state index contributed by atoms with van der Waals surface area (Å²) in [6.45, 7) is 2.52. The molecule has 0 spiro atoms. The van der Waals surface area contributed by atoms with Crippen molar-refractivity contribution < 1.29 is 27.2 Å². The molecule has 39 heavy (non-hydrogen) atoms. The molecule has 10 nitrogen and oxygen atoms in total. The third kappa shape index (κ3) is 8.91. The summed E-state index contributed by atoms with van der Waals surface area (Å²) in [4.78, 5) is 23.7. The van der Waals surface area contributed by atoms with Gasteiger partial charge in [-0.15, -0.1) is 0 Å². The number of nitrogens with one attached hydrogen (secondary N) is 2. The van der Waals surface area contributed by atoms with Crippen LogP contribution in [0.4, 0.5) is 0 Å². The number of benzene rings is 2. The Morgan fingerprint density at radius 2 is 1.77 bits per heavy atom. The Morgan fingerprint density at radius 1 is 1.03 bits per heavy atom. The first-order chi connectivity index (χ1) is 18.6. The predicted octanol–water partition coefficient (Wildman–Crippen LogP) is 3.89. The van der Waals surface area contributed by atoms with E-state index >= 15 is 0 Å². The van der Waals surface area contributed by atoms with Gasteiger partial charge in [-0.1, -0.05) is 47.0 Å². The largest absolute Gasteiger partial charge is 0.459 e. The zero-order valence-corrected chi connectivity index (χ0v) is 23.6. The molecular weight excluding hydrogens is 567 g/mol. The van der Waals surface area contributed by atoms with E-state index in [0.717, 1.165) is 5.56 Å². The van der Waals surface area contributed by atoms with E-state index in [1.807, 2.05) is 6.92 Å². The number of hydrogen-bond acceptors (Lipinski definition) is 7. The molecule has 0 saturated carbocycles. The minimum absolute atomic E-state index is 0.00672. The van der Waals surface area contributed by atoms with Gasteiger partial charge in [0.15, 0.2) is 0 Å². The highest BCUT2D eigenvalue weighted by atomic mass is 35.5. The van der Waals surface area contributed by atoms with Crippen LogP contribution in [0.2, 0.25) is 10.0 Å². The molecule has 0 bridgehead atoms. The number of ether oxygens (including phenoxy) is 1. The van der Waals surface area contributed by atoms with Crippen LogP contribution in [0.1, 0.15) is 29.1 Å². The number of amides is 2. The highest BCUT2D eigenvalue weighted by Gasteiger charge is 2.26. The Hall–Kier alpha value is -3.22. The number of hydrogen-bond donors (Lipinski definition) is 2. The fraction of sp³-hybridized carbons (Fsp3) is 0.269. The fourth-order valence-electron chi connectivity index (χ4n) is 3.35. The van der Waals surface area contributed by atoms with Gasteiger partial charge in [-0.2, -0.15) is 9.41 Å². The lowest BCUT2D eigenvalue weighted by molar-refractivity contribution is -0.139. The maximum absolute atomic E-state index is 13.5. The van der Waals surface area contributed by atoms with Crippen LogP contribution in [0.5, 0.6) is 0 Å². The van der Waals surface area contributed by atoms with Gasteiger partial charge >= 0.3 is 11.8 Å². The van der Waals surface area contributed by atoms with Crippen LogP contribution in [0, 0.1) is 6.92 Å². The number of carbonyl (C=O) groups excluding carboxylic acids is 2. The molecule has 0 atom stereocenters. The minimum Gasteiger partial charge on any atom is -0.459 e. The van der Waals surface area contributed by atoms with E-state index in [0.29, 0.717) is 34.4 Å². The van der Waals surface area contributed by atoms with E-state index in [9.17, 15) is 18.0 Å². The van der Waals surface area contributed by atoms with Crippen molar-refractivity contribution in [3.8, 4) is 0 Å². The lowest BCUT2D eigenvalue weighted by atomic mass is 10.2. The van der Waals surface area contributed by atoms with Crippen LogP contribution >= 0.6 is 23.2 Å². The Kier molecular flexibility index (Phi) is 11.1. The maximum Gasteiger partial charge on any atom is 0.329 e. The van der Waals surface area contributed by atoms with Crippen molar-refractivity contribution in [3.05, 3.63) is 87.3 Å². The summed E-state index contributed by atoms with van der Waals surface area (Å²) in [5.74, 6) is -1.20. The number of furan rings is 1. The van der Waals surface area contributed by atoms with Crippen LogP contribution < -0.4 is 10.7 Å². The second kappa shape index (κ2) is 14.2. The van der Waals surface area contributed by atoms with Crippen molar-refractivity contribution in [1.82, 2.24) is 15.0 Å². The fourth-order valence-corrected chi connectivity index (χ4v) is 5.07. The number of nitrogens with zero attached hydrogens (tertiary/aromatic N) is 2. The average molecular weight is 596 g/mol. The first-order valence-electron chi connectivity index (χ1n) is 11.8. The third-order valence-electron chi connectivity index (χ3n) is 5.39. The molecule has 0 radical (unpaired) electrons. The summed E-state index contributed by atoms with van der Waals surface area (Å²) in [6.07, 6.45) is 1.77. The van der Waals surface area contributed by atoms with Crippen molar-refractivity contribution in [2.75, 3.05) is 20.3 Å². The van der Waals surface area contributed by atoms with Crippen molar-refractivity contribution in [2.24, 2.45) is 5.10 Å². The molecule has 0 fully saturated rings. The van der Waals surface area contributed by atoms with Gasteiger partial charge in [0.2, 0.25) is 10.0 Å². The zero-order chi connectivity index (χ0) is 28.4. The smallest absolute Gasteiger partial charge is 0.329 e. The number of halogens is 2. The maximum atomic E-state index is 13.5. The Balaban J connectivity index is 1.72. The molecule has 0 aliphatic rings. The van der Waals surface area contributed by atoms with Gasteiger partial charge in [-0.3, -0.25) is 9.59 Å². The monoisotopic (exact) mass is 594 g/mol. The molecule has 1 aromatic heterocycles. The number of methoxy groups -OCH3 is 1. The van der Waals surface area contributed by atoms with Crippen molar-refractivity contribution >= 4 is 51.3 Å². The van der Waals surface area contributed by atoms with Gasteiger partial charge in [0.25, 0.3) is 0 Å². The summed E-state index contributed by atoms with van der Waals surface area (Å²) in [5.41, 5.74) is 3.67. The molecular formula is C26H28Cl2N4O6S. The average Bonchev–Trinajstić information content (AvgIpc) is 3.35. The molecule has 0 aliphatic carbocycles. The molecule has 2 aromatic carbocycles. The normalized spacial score (nSPS) is 11.7. The van der Waals surface area contributed by atoms with Crippen molar-refractivity contribution in [1.29, 1.82) is 0 Å². The van der Waals surface area contributed by atoms with E-state index in [1.165, 1.54) is 10.5 Å². The second-order valence-corrected chi connectivity index (χ2v) is 11.2. The highest BCUT2D eigenvalue weighted by Crippen LogP contribution is 2.26. The van der Waals surface area contributed by atoms with E-state index < -0.39 is 21.8 Å². The summed E-state index contributed by atoms with van der Waals surface area (Å²) < 4.78 is 38.9. The molecule has 3 aromatic rings. The summed E-state index contributed by atoms with van der Waals surface area (Å²) >= 11 is 12.2. The quantitative estimate of drug-likeness (QED) is 0.142. The predicted molar refractivity (Wildman–Crippen MR) is 148 cm³/mol. The van der Waals surface area contributed by atoms with Crippen molar-refractivity contribution in [2.45, 2.75) is 31.3 Å².